The Morgan fingerprint density at radius 3 is 2.78 bits per heavy atom. The molecule has 0 heterocycles. The van der Waals surface area contributed by atoms with Crippen LogP contribution in [0, 0.1) is 0 Å². The average Bonchev–Trinajstić information content (AvgIpc) is 1.83. The predicted molar refractivity (Wildman–Crippen MR) is 36.0 cm³/mol. The highest BCUT2D eigenvalue weighted by atomic mass is 32.1. The van der Waals surface area contributed by atoms with E-state index in [1.807, 2.05) is 5.43 Å². The summed E-state index contributed by atoms with van der Waals surface area (Å²) in [5, 5.41) is 7.92. The van der Waals surface area contributed by atoms with Gasteiger partial charge in [0.2, 0.25) is 5.11 Å². The summed E-state index contributed by atoms with van der Waals surface area (Å²) >= 11 is 4.38. The van der Waals surface area contributed by atoms with Crippen LogP contribution in [0.3, 0.4) is 0 Å². The number of carboxylic acid groups (broad SMARTS) is 1. The number of rotatable bonds is 1. The Balaban J connectivity index is 3.71. The Hall–Kier alpha value is -1.01. The standard InChI is InChI=1S/C3H5N3O2S/c4-6-3(9)5-1-2(7)8/h1H,4H2,(H,6,9)(H,7,8)/b5-1+. The van der Waals surface area contributed by atoms with Crippen molar-refractivity contribution in [2.45, 2.75) is 0 Å². The minimum absolute atomic E-state index is 0.0580. The molecule has 0 aliphatic rings. The lowest BCUT2D eigenvalue weighted by Crippen LogP contribution is -2.27. The summed E-state index contributed by atoms with van der Waals surface area (Å²) < 4.78 is 0. The highest BCUT2D eigenvalue weighted by Crippen LogP contribution is 1.68. The number of nitrogens with two attached hydrogens (primary N) is 1. The molecule has 5 nitrogen and oxygen atoms in total. The first kappa shape index (κ1) is 7.99. The van der Waals surface area contributed by atoms with E-state index in [1.165, 1.54) is 0 Å². The number of hydrogen-bond donors (Lipinski definition) is 3. The van der Waals surface area contributed by atoms with Crippen LogP contribution in [0.15, 0.2) is 4.99 Å². The molecule has 0 saturated heterocycles. The van der Waals surface area contributed by atoms with Crippen LogP contribution >= 0.6 is 12.2 Å². The predicted octanol–water partition coefficient (Wildman–Crippen LogP) is -1.11. The summed E-state index contributed by atoms with van der Waals surface area (Å²) in [6.45, 7) is 0. The molecule has 0 aromatic rings. The number of thiocarbonyl (C=S) groups is 1. The molecule has 0 fully saturated rings. The van der Waals surface area contributed by atoms with Gasteiger partial charge >= 0.3 is 5.97 Å². The minimum atomic E-state index is -1.16. The number of hydrogen-bond acceptors (Lipinski definition) is 3. The minimum Gasteiger partial charge on any atom is -0.477 e. The zero-order valence-electron chi connectivity index (χ0n) is 4.37. The van der Waals surface area contributed by atoms with Gasteiger partial charge < -0.3 is 5.11 Å². The SMILES string of the molecule is NNC(=S)/N=C/C(=O)O. The molecule has 0 aromatic carbocycles. The molecule has 9 heavy (non-hydrogen) atoms. The molecule has 0 spiro atoms. The monoisotopic (exact) mass is 147 g/mol. The van der Waals surface area contributed by atoms with Crippen molar-refractivity contribution in [1.29, 1.82) is 0 Å². The average molecular weight is 147 g/mol. The summed E-state index contributed by atoms with van der Waals surface area (Å²) in [7, 11) is 0. The van der Waals surface area contributed by atoms with Crippen molar-refractivity contribution in [3.05, 3.63) is 0 Å². The van der Waals surface area contributed by atoms with Gasteiger partial charge in [-0.05, 0) is 12.2 Å². The first-order chi connectivity index (χ1) is 4.16. The molecule has 0 saturated carbocycles. The maximum Gasteiger partial charge on any atom is 0.347 e. The summed E-state index contributed by atoms with van der Waals surface area (Å²) in [5.41, 5.74) is 1.99. The molecule has 0 aromatic heterocycles. The lowest BCUT2D eigenvalue weighted by Gasteiger charge is -1.89. The van der Waals surface area contributed by atoms with Gasteiger partial charge in [-0.25, -0.2) is 15.6 Å². The third-order valence-electron chi connectivity index (χ3n) is 0.416. The molecule has 0 aliphatic carbocycles. The lowest BCUT2D eigenvalue weighted by atomic mass is 10.8. The fourth-order valence-electron chi connectivity index (χ4n) is 0.151. The first-order valence-corrected chi connectivity index (χ1v) is 2.35. The Kier molecular flexibility index (Phi) is 3.49. The van der Waals surface area contributed by atoms with Crippen molar-refractivity contribution in [3.63, 3.8) is 0 Å². The van der Waals surface area contributed by atoms with Gasteiger partial charge in [-0.3, -0.25) is 5.43 Å². The van der Waals surface area contributed by atoms with Gasteiger partial charge in [-0.1, -0.05) is 0 Å². The van der Waals surface area contributed by atoms with Gasteiger partial charge in [0.15, 0.2) is 0 Å². The van der Waals surface area contributed by atoms with Crippen LogP contribution in [-0.4, -0.2) is 22.4 Å². The summed E-state index contributed by atoms with van der Waals surface area (Å²) in [6, 6.07) is 0. The molecule has 4 N–H and O–H groups in total. The van der Waals surface area contributed by atoms with Crippen LogP contribution in [0.25, 0.3) is 0 Å². The van der Waals surface area contributed by atoms with E-state index in [1.54, 1.807) is 0 Å². The molecule has 0 amide bonds. The number of carbonyl (C=O) groups is 1. The molecule has 0 rings (SSSR count). The number of aliphatic imine (C=N–C) groups is 1. The quantitative estimate of drug-likeness (QED) is 0.189. The van der Waals surface area contributed by atoms with Crippen LogP contribution in [0.2, 0.25) is 0 Å². The van der Waals surface area contributed by atoms with Crippen molar-refractivity contribution < 1.29 is 9.90 Å². The number of hydrazine groups is 1. The molecule has 0 bridgehead atoms. The highest BCUT2D eigenvalue weighted by Gasteiger charge is 1.87. The molecule has 50 valence electrons. The highest BCUT2D eigenvalue weighted by molar-refractivity contribution is 7.80. The van der Waals surface area contributed by atoms with Crippen molar-refractivity contribution in [2.75, 3.05) is 0 Å². The summed E-state index contributed by atoms with van der Waals surface area (Å²) in [4.78, 5) is 13.0. The van der Waals surface area contributed by atoms with Crippen LogP contribution in [0.5, 0.6) is 0 Å². The normalized spacial score (nSPS) is 9.44. The van der Waals surface area contributed by atoms with Crippen molar-refractivity contribution in [1.82, 2.24) is 5.43 Å². The molecule has 0 aliphatic heterocycles. The molecule has 0 unspecified atom stereocenters. The van der Waals surface area contributed by atoms with Crippen LogP contribution in [-0.2, 0) is 4.79 Å². The zero-order valence-corrected chi connectivity index (χ0v) is 5.18. The van der Waals surface area contributed by atoms with Crippen LogP contribution in [0.4, 0.5) is 0 Å². The molecular formula is C3H5N3O2S. The van der Waals surface area contributed by atoms with E-state index in [9.17, 15) is 4.79 Å². The topological polar surface area (TPSA) is 87.7 Å². The Morgan fingerprint density at radius 1 is 1.89 bits per heavy atom. The number of aliphatic carboxylic acids is 1. The fraction of sp³-hybridized carbons (Fsp3) is 0. The first-order valence-electron chi connectivity index (χ1n) is 1.94. The van der Waals surface area contributed by atoms with E-state index in [0.717, 1.165) is 0 Å². The van der Waals surface area contributed by atoms with E-state index in [4.69, 9.17) is 10.9 Å². The summed E-state index contributed by atoms with van der Waals surface area (Å²) in [6.07, 6.45) is 0.655. The van der Waals surface area contributed by atoms with Crippen molar-refractivity contribution in [2.24, 2.45) is 10.8 Å². The Bertz CT molecular complexity index is 155. The van der Waals surface area contributed by atoms with Crippen molar-refractivity contribution in [3.8, 4) is 0 Å². The second-order valence-electron chi connectivity index (χ2n) is 1.05. The third-order valence-corrected chi connectivity index (χ3v) is 0.639. The van der Waals surface area contributed by atoms with Gasteiger partial charge in [0.1, 0.15) is 6.21 Å². The molecule has 0 atom stereocenters. The number of nitrogens with one attached hydrogen (secondary N) is 1. The number of carboxylic acids is 1. The van der Waals surface area contributed by atoms with Gasteiger partial charge in [-0.15, -0.1) is 0 Å². The second-order valence-corrected chi connectivity index (χ2v) is 1.43. The van der Waals surface area contributed by atoms with E-state index >= 15 is 0 Å². The van der Waals surface area contributed by atoms with E-state index in [-0.39, 0.29) is 5.11 Å². The zero-order chi connectivity index (χ0) is 7.28. The molecule has 0 radical (unpaired) electrons. The van der Waals surface area contributed by atoms with Crippen LogP contribution < -0.4 is 11.3 Å². The van der Waals surface area contributed by atoms with Gasteiger partial charge in [0, 0.05) is 0 Å². The largest absolute Gasteiger partial charge is 0.477 e. The van der Waals surface area contributed by atoms with Gasteiger partial charge in [-0.2, -0.15) is 0 Å². The van der Waals surface area contributed by atoms with Crippen molar-refractivity contribution >= 4 is 29.5 Å². The van der Waals surface area contributed by atoms with Gasteiger partial charge in [0.05, 0.1) is 0 Å². The maximum atomic E-state index is 9.74. The third kappa shape index (κ3) is 4.85. The van der Waals surface area contributed by atoms with E-state index < -0.39 is 5.97 Å². The number of nitrogens with zero attached hydrogens (tertiary/aromatic N) is 1. The van der Waals surface area contributed by atoms with E-state index in [2.05, 4.69) is 17.2 Å². The smallest absolute Gasteiger partial charge is 0.347 e. The van der Waals surface area contributed by atoms with Crippen LogP contribution in [0.1, 0.15) is 0 Å². The Labute approximate surface area is 56.5 Å². The molecular weight excluding hydrogens is 142 g/mol. The maximum absolute atomic E-state index is 9.74. The molecule has 6 heteroatoms. The lowest BCUT2D eigenvalue weighted by molar-refractivity contribution is -0.128. The summed E-state index contributed by atoms with van der Waals surface area (Å²) in [5.74, 6) is 3.60. The Morgan fingerprint density at radius 2 is 2.44 bits per heavy atom. The fourth-order valence-corrected chi connectivity index (χ4v) is 0.204. The van der Waals surface area contributed by atoms with E-state index in [0.29, 0.717) is 6.21 Å². The van der Waals surface area contributed by atoms with Gasteiger partial charge in [0.25, 0.3) is 0 Å². The second kappa shape index (κ2) is 3.93.